The monoisotopic (exact) mass is 482 g/mol. The maximum Gasteiger partial charge on any atom is 0.335 e. The number of nitrogens with zero attached hydrogens (tertiary/aromatic N) is 2. The van der Waals surface area contributed by atoms with Gasteiger partial charge in [-0.3, -0.25) is 0 Å². The van der Waals surface area contributed by atoms with Crippen molar-refractivity contribution in [2.45, 2.75) is 19.3 Å². The molecule has 0 amide bonds. The quantitative estimate of drug-likeness (QED) is 0.277. The number of ether oxygens (including phenoxy) is 3. The molecule has 7 heteroatoms. The Morgan fingerprint density at radius 2 is 1.67 bits per heavy atom. The molecule has 0 radical (unpaired) electrons. The minimum absolute atomic E-state index is 0.0596. The topological polar surface area (TPSA) is 93.7 Å². The fourth-order valence-electron chi connectivity index (χ4n) is 3.88. The Balaban J connectivity index is 1.62. The maximum absolute atomic E-state index is 11.2. The van der Waals surface area contributed by atoms with Crippen molar-refractivity contribution >= 4 is 5.97 Å². The third-order valence-corrected chi connectivity index (χ3v) is 5.70. The number of nitriles is 1. The summed E-state index contributed by atoms with van der Waals surface area (Å²) in [6, 6.07) is 26.4. The zero-order chi connectivity index (χ0) is 25.3. The number of aromatic carboxylic acids is 1. The third kappa shape index (κ3) is 5.99. The van der Waals surface area contributed by atoms with Crippen molar-refractivity contribution in [3.63, 3.8) is 0 Å². The molecule has 4 aromatic rings. The van der Waals surface area contributed by atoms with Crippen molar-refractivity contribution in [3.05, 3.63) is 114 Å². The predicted octanol–water partition coefficient (Wildman–Crippen LogP) is 5.67. The van der Waals surface area contributed by atoms with Crippen molar-refractivity contribution in [2.24, 2.45) is 0 Å². The molecule has 0 aliphatic rings. The number of carboxylic acids is 1. The van der Waals surface area contributed by atoms with Gasteiger partial charge in [0.05, 0.1) is 11.1 Å². The van der Waals surface area contributed by atoms with Crippen molar-refractivity contribution in [1.82, 2.24) is 4.57 Å². The molecule has 36 heavy (non-hydrogen) atoms. The normalized spacial score (nSPS) is 11.6. The smallest absolute Gasteiger partial charge is 0.335 e. The molecule has 1 atom stereocenters. The summed E-state index contributed by atoms with van der Waals surface area (Å²) in [5.74, 6) is -0.301. The average Bonchev–Trinajstić information content (AvgIpc) is 3.35. The van der Waals surface area contributed by atoms with Gasteiger partial charge >= 0.3 is 5.97 Å². The molecule has 0 spiro atoms. The first-order valence-corrected chi connectivity index (χ1v) is 11.4. The van der Waals surface area contributed by atoms with E-state index in [1.165, 1.54) is 0 Å². The second-order valence-corrected chi connectivity index (χ2v) is 8.15. The van der Waals surface area contributed by atoms with Gasteiger partial charge in [-0.05, 0) is 29.3 Å². The van der Waals surface area contributed by atoms with E-state index in [9.17, 15) is 10.1 Å². The summed E-state index contributed by atoms with van der Waals surface area (Å²) in [4.78, 5) is 11.2. The lowest BCUT2D eigenvalue weighted by molar-refractivity contribution is -0.1000. The number of carbonyl (C=O) groups is 1. The van der Waals surface area contributed by atoms with E-state index in [-0.39, 0.29) is 12.4 Å². The van der Waals surface area contributed by atoms with Gasteiger partial charge in [0.1, 0.15) is 31.4 Å². The van der Waals surface area contributed by atoms with E-state index in [1.54, 1.807) is 37.6 Å². The lowest BCUT2D eigenvalue weighted by atomic mass is 10.0. The van der Waals surface area contributed by atoms with Crippen molar-refractivity contribution in [1.29, 1.82) is 5.26 Å². The number of rotatable bonds is 11. The zero-order valence-electron chi connectivity index (χ0n) is 19.8. The Morgan fingerprint density at radius 3 is 2.36 bits per heavy atom. The fraction of sp³-hybridized carbons (Fsp3) is 0.172. The Hall–Kier alpha value is -4.38. The molecule has 0 bridgehead atoms. The standard InChI is InChI=1S/C29H26N2O5/c1-34-20-36-28(15-21-11-13-23(14-12-21)29(32)33)31-17-24(16-30)26(18-31)25-9-5-6-10-27(25)35-19-22-7-3-2-4-8-22/h2-14,17-18,28H,15,19-20H2,1H3,(H,32,33). The van der Waals surface area contributed by atoms with Gasteiger partial charge in [-0.1, -0.05) is 60.7 Å². The molecular formula is C29H26N2O5. The predicted molar refractivity (Wildman–Crippen MR) is 134 cm³/mol. The van der Waals surface area contributed by atoms with Gasteiger partial charge in [0, 0.05) is 37.1 Å². The van der Waals surface area contributed by atoms with Crippen LogP contribution in [-0.4, -0.2) is 29.5 Å². The summed E-state index contributed by atoms with van der Waals surface area (Å²) >= 11 is 0. The molecular weight excluding hydrogens is 456 g/mol. The molecule has 0 aliphatic carbocycles. The number of methoxy groups -OCH3 is 1. The largest absolute Gasteiger partial charge is 0.488 e. The Kier molecular flexibility index (Phi) is 8.14. The van der Waals surface area contributed by atoms with Crippen LogP contribution in [0.25, 0.3) is 11.1 Å². The second kappa shape index (κ2) is 11.8. The molecule has 1 heterocycles. The number of para-hydroxylation sites is 1. The van der Waals surface area contributed by atoms with E-state index in [0.29, 0.717) is 24.3 Å². The molecule has 1 aromatic heterocycles. The van der Waals surface area contributed by atoms with Crippen LogP contribution in [0.4, 0.5) is 0 Å². The van der Waals surface area contributed by atoms with Crippen LogP contribution in [-0.2, 0) is 22.5 Å². The molecule has 7 nitrogen and oxygen atoms in total. The van der Waals surface area contributed by atoms with Crippen LogP contribution < -0.4 is 4.74 Å². The Morgan fingerprint density at radius 1 is 0.944 bits per heavy atom. The van der Waals surface area contributed by atoms with Gasteiger partial charge in [-0.15, -0.1) is 0 Å². The van der Waals surface area contributed by atoms with Gasteiger partial charge in [0.15, 0.2) is 0 Å². The Labute approximate surface area is 209 Å². The summed E-state index contributed by atoms with van der Waals surface area (Å²) in [6.45, 7) is 0.469. The summed E-state index contributed by atoms with van der Waals surface area (Å²) in [6.07, 6.45) is 3.60. The molecule has 0 saturated heterocycles. The number of benzene rings is 3. The first-order chi connectivity index (χ1) is 17.6. The van der Waals surface area contributed by atoms with E-state index < -0.39 is 12.2 Å². The van der Waals surface area contributed by atoms with Crippen LogP contribution in [0.3, 0.4) is 0 Å². The number of hydrogen-bond donors (Lipinski definition) is 1. The highest BCUT2D eigenvalue weighted by Crippen LogP contribution is 2.34. The average molecular weight is 483 g/mol. The van der Waals surface area contributed by atoms with Gasteiger partial charge in [-0.2, -0.15) is 5.26 Å². The number of aromatic nitrogens is 1. The molecule has 0 saturated carbocycles. The van der Waals surface area contributed by atoms with Crippen molar-refractivity contribution in [2.75, 3.05) is 13.9 Å². The molecule has 3 aromatic carbocycles. The highest BCUT2D eigenvalue weighted by atomic mass is 16.7. The van der Waals surface area contributed by atoms with E-state index >= 15 is 0 Å². The lowest BCUT2D eigenvalue weighted by Crippen LogP contribution is -2.16. The zero-order valence-corrected chi connectivity index (χ0v) is 19.8. The Bertz CT molecular complexity index is 1340. The van der Waals surface area contributed by atoms with E-state index in [4.69, 9.17) is 19.3 Å². The molecule has 1 N–H and O–H groups in total. The number of carboxylic acid groups (broad SMARTS) is 1. The van der Waals surface area contributed by atoms with Crippen LogP contribution in [0.5, 0.6) is 5.75 Å². The van der Waals surface area contributed by atoms with Crippen LogP contribution >= 0.6 is 0 Å². The molecule has 182 valence electrons. The fourth-order valence-corrected chi connectivity index (χ4v) is 3.88. The second-order valence-electron chi connectivity index (χ2n) is 8.15. The minimum atomic E-state index is -0.976. The summed E-state index contributed by atoms with van der Waals surface area (Å²) in [5.41, 5.74) is 4.18. The van der Waals surface area contributed by atoms with E-state index in [0.717, 1.165) is 22.3 Å². The van der Waals surface area contributed by atoms with Gasteiger partial charge in [-0.25, -0.2) is 4.79 Å². The van der Waals surface area contributed by atoms with Crippen LogP contribution in [0.1, 0.15) is 33.3 Å². The van der Waals surface area contributed by atoms with Gasteiger partial charge in [0.25, 0.3) is 0 Å². The van der Waals surface area contributed by atoms with Gasteiger partial charge in [0.2, 0.25) is 0 Å². The maximum atomic E-state index is 11.2. The SMILES string of the molecule is COCOC(Cc1ccc(C(=O)O)cc1)n1cc(C#N)c(-c2ccccc2OCc2ccccc2)c1. The van der Waals surface area contributed by atoms with Crippen LogP contribution in [0.2, 0.25) is 0 Å². The summed E-state index contributed by atoms with van der Waals surface area (Å²) < 4.78 is 19.0. The lowest BCUT2D eigenvalue weighted by Gasteiger charge is -2.19. The first-order valence-electron chi connectivity index (χ1n) is 11.4. The van der Waals surface area contributed by atoms with Crippen molar-refractivity contribution in [3.8, 4) is 22.9 Å². The van der Waals surface area contributed by atoms with E-state index in [2.05, 4.69) is 6.07 Å². The first kappa shape index (κ1) is 24.7. The summed E-state index contributed by atoms with van der Waals surface area (Å²) in [5, 5.41) is 19.1. The molecule has 4 rings (SSSR count). The minimum Gasteiger partial charge on any atom is -0.488 e. The molecule has 0 aliphatic heterocycles. The van der Waals surface area contributed by atoms with E-state index in [1.807, 2.05) is 65.4 Å². The highest BCUT2D eigenvalue weighted by Gasteiger charge is 2.19. The summed E-state index contributed by atoms with van der Waals surface area (Å²) in [7, 11) is 1.54. The van der Waals surface area contributed by atoms with Crippen molar-refractivity contribution < 1.29 is 24.1 Å². The van der Waals surface area contributed by atoms with Crippen LogP contribution in [0, 0.1) is 11.3 Å². The molecule has 0 fully saturated rings. The molecule has 1 unspecified atom stereocenters. The highest BCUT2D eigenvalue weighted by molar-refractivity contribution is 5.87. The van der Waals surface area contributed by atoms with Gasteiger partial charge < -0.3 is 23.9 Å². The third-order valence-electron chi connectivity index (χ3n) is 5.70. The number of hydrogen-bond acceptors (Lipinski definition) is 5. The van der Waals surface area contributed by atoms with Crippen LogP contribution in [0.15, 0.2) is 91.3 Å².